The first kappa shape index (κ1) is 17.3. The van der Waals surface area contributed by atoms with Gasteiger partial charge in [-0.3, -0.25) is 4.90 Å². The Balaban J connectivity index is 1.43. The van der Waals surface area contributed by atoms with Crippen molar-refractivity contribution in [3.8, 4) is 10.4 Å². The highest BCUT2D eigenvalue weighted by Gasteiger charge is 2.39. The van der Waals surface area contributed by atoms with Gasteiger partial charge in [0.25, 0.3) is 0 Å². The fraction of sp³-hybridized carbons (Fsp3) is 0.429. The van der Waals surface area contributed by atoms with E-state index >= 15 is 0 Å². The summed E-state index contributed by atoms with van der Waals surface area (Å²) in [5.74, 6) is 0.755. The molecule has 1 spiro atoms. The lowest BCUT2D eigenvalue weighted by Crippen LogP contribution is -2.52. The maximum atomic E-state index is 9.32. The SMILES string of the molecule is OCc1ccc(-c2cccc(C3=C[N+]4(CCN5CCC(CC5)C4)N=N3)c2)s1. The van der Waals surface area contributed by atoms with Crippen LogP contribution in [0.5, 0.6) is 0 Å². The number of hydrogen-bond acceptors (Lipinski definition) is 5. The van der Waals surface area contributed by atoms with Crippen LogP contribution in [0.3, 0.4) is 0 Å². The van der Waals surface area contributed by atoms with Gasteiger partial charge in [-0.2, -0.15) is 0 Å². The van der Waals surface area contributed by atoms with E-state index in [1.165, 1.54) is 36.4 Å². The molecule has 4 aliphatic rings. The molecule has 3 saturated heterocycles. The molecule has 2 aromatic rings. The molecule has 6 heteroatoms. The molecular formula is C21H25N4OS+. The molecule has 6 rings (SSSR count). The van der Waals surface area contributed by atoms with E-state index < -0.39 is 0 Å². The van der Waals surface area contributed by atoms with Crippen LogP contribution in [0.25, 0.3) is 16.1 Å². The molecule has 140 valence electrons. The number of benzene rings is 1. The minimum atomic E-state index is 0.0991. The largest absolute Gasteiger partial charge is 0.391 e. The summed E-state index contributed by atoms with van der Waals surface area (Å²) in [6.45, 7) is 5.81. The van der Waals surface area contributed by atoms with Gasteiger partial charge in [0.1, 0.15) is 13.1 Å². The molecule has 0 aliphatic carbocycles. The van der Waals surface area contributed by atoms with Crippen molar-refractivity contribution in [2.24, 2.45) is 16.3 Å². The van der Waals surface area contributed by atoms with Crippen molar-refractivity contribution in [1.29, 1.82) is 0 Å². The van der Waals surface area contributed by atoms with Gasteiger partial charge in [-0.1, -0.05) is 23.3 Å². The van der Waals surface area contributed by atoms with Crippen LogP contribution in [-0.2, 0) is 6.61 Å². The summed E-state index contributed by atoms with van der Waals surface area (Å²) in [6, 6.07) is 12.6. The Bertz CT molecular complexity index is 897. The number of quaternary nitrogens is 1. The van der Waals surface area contributed by atoms with Crippen molar-refractivity contribution in [2.75, 3.05) is 32.7 Å². The van der Waals surface area contributed by atoms with Crippen LogP contribution in [0.2, 0.25) is 0 Å². The molecular weight excluding hydrogens is 356 g/mol. The molecule has 4 aliphatic heterocycles. The van der Waals surface area contributed by atoms with Crippen LogP contribution in [0.15, 0.2) is 52.9 Å². The van der Waals surface area contributed by atoms with Crippen molar-refractivity contribution in [2.45, 2.75) is 19.4 Å². The van der Waals surface area contributed by atoms with Crippen molar-refractivity contribution in [3.05, 3.63) is 53.0 Å². The molecule has 1 aromatic heterocycles. The van der Waals surface area contributed by atoms with Gasteiger partial charge in [-0.15, -0.1) is 15.9 Å². The zero-order valence-corrected chi connectivity index (χ0v) is 16.2. The highest BCUT2D eigenvalue weighted by Crippen LogP contribution is 2.36. The second-order valence-corrected chi connectivity index (χ2v) is 9.06. The average Bonchev–Trinajstić information content (AvgIpc) is 3.34. The summed E-state index contributed by atoms with van der Waals surface area (Å²) in [7, 11) is 0. The molecule has 0 amide bonds. The predicted octanol–water partition coefficient (Wildman–Crippen LogP) is 4.13. The van der Waals surface area contributed by atoms with Crippen LogP contribution < -0.4 is 0 Å². The number of hydrogen-bond donors (Lipinski definition) is 1. The summed E-state index contributed by atoms with van der Waals surface area (Å²) < 4.78 is 0.661. The van der Waals surface area contributed by atoms with Gasteiger partial charge in [0.05, 0.1) is 13.2 Å². The van der Waals surface area contributed by atoms with Crippen LogP contribution >= 0.6 is 11.3 Å². The molecule has 5 heterocycles. The van der Waals surface area contributed by atoms with E-state index in [1.807, 2.05) is 6.07 Å². The standard InChI is InChI=1S/C21H25N4OS/c26-15-19-4-5-21(27-19)18-3-1-2-17(12-18)20-14-25(23-22-20)11-10-24-8-6-16(13-25)7-9-24/h1-5,12,14,16,26H,6-11,13,15H2/q+1. The first-order chi connectivity index (χ1) is 13.2. The lowest BCUT2D eigenvalue weighted by atomic mass is 9.94. The number of aliphatic hydroxyl groups excluding tert-OH is 1. The highest BCUT2D eigenvalue weighted by atomic mass is 32.1. The number of piperidine rings is 1. The molecule has 5 nitrogen and oxygen atoms in total. The van der Waals surface area contributed by atoms with E-state index in [1.54, 1.807) is 11.3 Å². The van der Waals surface area contributed by atoms with Crippen LogP contribution in [0, 0.1) is 5.92 Å². The summed E-state index contributed by atoms with van der Waals surface area (Å²) in [4.78, 5) is 4.75. The Morgan fingerprint density at radius 3 is 2.78 bits per heavy atom. The van der Waals surface area contributed by atoms with Crippen molar-refractivity contribution in [1.82, 2.24) is 4.90 Å². The molecule has 3 fully saturated rings. The normalized spacial score (nSPS) is 29.7. The molecule has 0 saturated carbocycles. The van der Waals surface area contributed by atoms with E-state index in [-0.39, 0.29) is 6.61 Å². The quantitative estimate of drug-likeness (QED) is 0.813. The fourth-order valence-corrected chi connectivity index (χ4v) is 5.31. The van der Waals surface area contributed by atoms with Crippen LogP contribution in [0.1, 0.15) is 23.3 Å². The highest BCUT2D eigenvalue weighted by molar-refractivity contribution is 7.15. The average molecular weight is 382 g/mol. The first-order valence-corrected chi connectivity index (χ1v) is 10.6. The molecule has 1 N–H and O–H groups in total. The zero-order chi connectivity index (χ0) is 18.3. The van der Waals surface area contributed by atoms with Gasteiger partial charge >= 0.3 is 0 Å². The molecule has 27 heavy (non-hydrogen) atoms. The topological polar surface area (TPSA) is 48.2 Å². The Morgan fingerprint density at radius 1 is 1.11 bits per heavy atom. The Morgan fingerprint density at radius 2 is 1.96 bits per heavy atom. The molecule has 1 aromatic carbocycles. The van der Waals surface area contributed by atoms with E-state index in [0.29, 0.717) is 4.59 Å². The van der Waals surface area contributed by atoms with Crippen LogP contribution in [-0.4, -0.2) is 47.3 Å². The molecule has 0 radical (unpaired) electrons. The third-order valence-electron chi connectivity index (χ3n) is 6.04. The predicted molar refractivity (Wildman–Crippen MR) is 108 cm³/mol. The van der Waals surface area contributed by atoms with Gasteiger partial charge in [0.2, 0.25) is 0 Å². The van der Waals surface area contributed by atoms with Crippen LogP contribution in [0.4, 0.5) is 0 Å². The summed E-state index contributed by atoms with van der Waals surface area (Å²) >= 11 is 1.64. The third-order valence-corrected chi connectivity index (χ3v) is 7.16. The molecule has 1 unspecified atom stereocenters. The number of fused-ring (bicyclic) bond motifs is 3. The number of aliphatic hydroxyl groups is 1. The van der Waals surface area contributed by atoms with Crippen molar-refractivity contribution >= 4 is 17.0 Å². The van der Waals surface area contributed by atoms with Gasteiger partial charge in [-0.05, 0) is 49.7 Å². The lowest BCUT2D eigenvalue weighted by molar-refractivity contribution is -0.891. The number of thiophene rings is 1. The second-order valence-electron chi connectivity index (χ2n) is 7.89. The number of nitrogens with zero attached hydrogens (tertiary/aromatic N) is 4. The summed E-state index contributed by atoms with van der Waals surface area (Å²) in [5, 5.41) is 18.7. The monoisotopic (exact) mass is 381 g/mol. The maximum Gasteiger partial charge on any atom is 0.154 e. The molecule has 1 atom stereocenters. The molecule has 2 bridgehead atoms. The first-order valence-electron chi connectivity index (χ1n) is 9.79. The van der Waals surface area contributed by atoms with Crippen molar-refractivity contribution < 1.29 is 9.70 Å². The second kappa shape index (κ2) is 6.95. The summed E-state index contributed by atoms with van der Waals surface area (Å²) in [5.41, 5.74) is 3.28. The maximum absolute atomic E-state index is 9.32. The minimum Gasteiger partial charge on any atom is -0.391 e. The van der Waals surface area contributed by atoms with Gasteiger partial charge in [-0.25, -0.2) is 0 Å². The van der Waals surface area contributed by atoms with E-state index in [2.05, 4.69) is 46.5 Å². The van der Waals surface area contributed by atoms with Gasteiger partial charge in [0, 0.05) is 26.5 Å². The van der Waals surface area contributed by atoms with E-state index in [4.69, 9.17) is 5.22 Å². The minimum absolute atomic E-state index is 0.0991. The van der Waals surface area contributed by atoms with Gasteiger partial charge in [0.15, 0.2) is 11.9 Å². The van der Waals surface area contributed by atoms with Crippen molar-refractivity contribution in [3.63, 3.8) is 0 Å². The smallest absolute Gasteiger partial charge is 0.154 e. The Labute approximate surface area is 163 Å². The Kier molecular flexibility index (Phi) is 4.44. The van der Waals surface area contributed by atoms with E-state index in [9.17, 15) is 5.11 Å². The zero-order valence-electron chi connectivity index (χ0n) is 15.4. The van der Waals surface area contributed by atoms with E-state index in [0.717, 1.165) is 41.7 Å². The fourth-order valence-electron chi connectivity index (χ4n) is 4.44. The lowest BCUT2D eigenvalue weighted by Gasteiger charge is -2.39. The Hall–Kier alpha value is -1.86. The van der Waals surface area contributed by atoms with Gasteiger partial charge < -0.3 is 5.11 Å². The number of rotatable bonds is 3. The summed E-state index contributed by atoms with van der Waals surface area (Å²) in [6.07, 6.45) is 4.86. The third kappa shape index (κ3) is 3.38.